The Bertz CT molecular complexity index is 294. The summed E-state index contributed by atoms with van der Waals surface area (Å²) < 4.78 is 2.03. The monoisotopic (exact) mass is 252 g/mol. The molecule has 1 aromatic rings. The first kappa shape index (κ1) is 14.7. The smallest absolute Gasteiger partial charge is 0.138 e. The number of aryl methyl sites for hydroxylation is 1. The van der Waals surface area contributed by atoms with Crippen molar-refractivity contribution in [2.75, 3.05) is 13.1 Å². The number of nitrogens with one attached hydrogen (secondary N) is 1. The fourth-order valence-electron chi connectivity index (χ4n) is 2.03. The minimum atomic E-state index is 0. The van der Waals surface area contributed by atoms with Crippen molar-refractivity contribution in [1.82, 2.24) is 20.1 Å². The summed E-state index contributed by atoms with van der Waals surface area (Å²) in [5, 5.41) is 11.5. The zero-order chi connectivity index (χ0) is 9.31. The molecule has 1 fully saturated rings. The van der Waals surface area contributed by atoms with Crippen molar-refractivity contribution in [2.45, 2.75) is 25.2 Å². The molecule has 6 heteroatoms. The summed E-state index contributed by atoms with van der Waals surface area (Å²) >= 11 is 0. The van der Waals surface area contributed by atoms with Crippen molar-refractivity contribution in [3.8, 4) is 0 Å². The van der Waals surface area contributed by atoms with E-state index in [1.54, 1.807) is 6.33 Å². The summed E-state index contributed by atoms with van der Waals surface area (Å²) in [6.07, 6.45) is 4.09. The molecule has 0 unspecified atom stereocenters. The largest absolute Gasteiger partial charge is 0.320 e. The predicted octanol–water partition coefficient (Wildman–Crippen LogP) is 1.30. The number of hydrogen-bond acceptors (Lipinski definition) is 3. The highest BCUT2D eigenvalue weighted by atomic mass is 35.5. The molecule has 0 saturated carbocycles. The average molecular weight is 253 g/mol. The van der Waals surface area contributed by atoms with Gasteiger partial charge in [0, 0.05) is 12.5 Å². The van der Waals surface area contributed by atoms with Crippen molar-refractivity contribution in [1.29, 1.82) is 0 Å². The van der Waals surface area contributed by atoms with Crippen molar-refractivity contribution in [2.24, 2.45) is 7.05 Å². The average Bonchev–Trinajstić information content (AvgIpc) is 2.53. The van der Waals surface area contributed by atoms with Crippen LogP contribution < -0.4 is 5.32 Å². The Labute approximate surface area is 103 Å². The van der Waals surface area contributed by atoms with Gasteiger partial charge in [-0.25, -0.2) is 0 Å². The van der Waals surface area contributed by atoms with Gasteiger partial charge < -0.3 is 9.88 Å². The van der Waals surface area contributed by atoms with Gasteiger partial charge in [-0.2, -0.15) is 0 Å². The number of piperidine rings is 1. The van der Waals surface area contributed by atoms with Crippen LogP contribution in [0.1, 0.15) is 25.6 Å². The van der Waals surface area contributed by atoms with Crippen LogP contribution in [0.2, 0.25) is 0 Å². The minimum absolute atomic E-state index is 0. The first-order valence-corrected chi connectivity index (χ1v) is 4.78. The van der Waals surface area contributed by atoms with Crippen molar-refractivity contribution >= 4 is 24.8 Å². The number of nitrogens with zero attached hydrogens (tertiary/aromatic N) is 3. The molecule has 1 aliphatic rings. The van der Waals surface area contributed by atoms with E-state index in [1.807, 2.05) is 11.6 Å². The van der Waals surface area contributed by atoms with Crippen LogP contribution in [0.15, 0.2) is 6.33 Å². The molecule has 1 N–H and O–H groups in total. The van der Waals surface area contributed by atoms with Crippen LogP contribution in [-0.4, -0.2) is 27.9 Å². The summed E-state index contributed by atoms with van der Waals surface area (Å²) in [6.45, 7) is 4.45. The predicted molar refractivity (Wildman–Crippen MR) is 65.0 cm³/mol. The van der Waals surface area contributed by atoms with Gasteiger partial charge in [0.25, 0.3) is 0 Å². The SMILES string of the molecule is Cl.Cl.Cn1cnnc1C1(C)CCNCC1. The molecule has 0 spiro atoms. The van der Waals surface area contributed by atoms with Gasteiger partial charge in [-0.3, -0.25) is 0 Å². The summed E-state index contributed by atoms with van der Waals surface area (Å²) in [5.41, 5.74) is 0.219. The second-order valence-electron chi connectivity index (χ2n) is 4.08. The number of aromatic nitrogens is 3. The molecule has 1 aromatic heterocycles. The Kier molecular flexibility index (Phi) is 5.56. The molecule has 0 aliphatic carbocycles. The fourth-order valence-corrected chi connectivity index (χ4v) is 2.03. The van der Waals surface area contributed by atoms with Crippen LogP contribution in [0, 0.1) is 0 Å². The van der Waals surface area contributed by atoms with Gasteiger partial charge in [0.15, 0.2) is 0 Å². The van der Waals surface area contributed by atoms with Gasteiger partial charge in [-0.15, -0.1) is 35.0 Å². The van der Waals surface area contributed by atoms with Crippen LogP contribution in [0.3, 0.4) is 0 Å². The zero-order valence-corrected chi connectivity index (χ0v) is 10.7. The van der Waals surface area contributed by atoms with Crippen LogP contribution in [0.5, 0.6) is 0 Å². The Hall–Kier alpha value is -0.320. The summed E-state index contributed by atoms with van der Waals surface area (Å²) in [5.74, 6) is 1.12. The number of hydrogen-bond donors (Lipinski definition) is 1. The third kappa shape index (κ3) is 2.83. The van der Waals surface area contributed by atoms with Crippen LogP contribution in [0.25, 0.3) is 0 Å². The molecular weight excluding hydrogens is 235 g/mol. The Morgan fingerprint density at radius 2 is 1.93 bits per heavy atom. The van der Waals surface area contributed by atoms with E-state index in [-0.39, 0.29) is 30.2 Å². The lowest BCUT2D eigenvalue weighted by atomic mass is 9.80. The third-order valence-electron chi connectivity index (χ3n) is 2.96. The van der Waals surface area contributed by atoms with E-state index in [0.717, 1.165) is 31.8 Å². The van der Waals surface area contributed by atoms with Gasteiger partial charge >= 0.3 is 0 Å². The maximum absolute atomic E-state index is 4.20. The van der Waals surface area contributed by atoms with Crippen LogP contribution >= 0.6 is 24.8 Å². The van der Waals surface area contributed by atoms with Crippen molar-refractivity contribution < 1.29 is 0 Å². The number of halogens is 2. The first-order valence-electron chi connectivity index (χ1n) is 4.78. The minimum Gasteiger partial charge on any atom is -0.320 e. The Morgan fingerprint density at radius 3 is 2.40 bits per heavy atom. The number of rotatable bonds is 1. The van der Waals surface area contributed by atoms with E-state index < -0.39 is 0 Å². The molecule has 0 atom stereocenters. The van der Waals surface area contributed by atoms with Gasteiger partial charge in [0.05, 0.1) is 0 Å². The summed E-state index contributed by atoms with van der Waals surface area (Å²) in [4.78, 5) is 0. The topological polar surface area (TPSA) is 42.7 Å². The normalized spacial score (nSPS) is 18.8. The van der Waals surface area contributed by atoms with E-state index in [4.69, 9.17) is 0 Å². The van der Waals surface area contributed by atoms with Crippen molar-refractivity contribution in [3.63, 3.8) is 0 Å². The van der Waals surface area contributed by atoms with E-state index in [9.17, 15) is 0 Å². The molecule has 4 nitrogen and oxygen atoms in total. The maximum Gasteiger partial charge on any atom is 0.138 e. The van der Waals surface area contributed by atoms with E-state index in [1.165, 1.54) is 0 Å². The Morgan fingerprint density at radius 1 is 1.33 bits per heavy atom. The molecule has 88 valence electrons. The lowest BCUT2D eigenvalue weighted by molar-refractivity contribution is 0.311. The molecule has 2 heterocycles. The molecule has 1 aliphatic heterocycles. The lowest BCUT2D eigenvalue weighted by Gasteiger charge is -2.32. The first-order chi connectivity index (χ1) is 6.22. The van der Waals surface area contributed by atoms with Gasteiger partial charge in [-0.1, -0.05) is 6.92 Å². The summed E-state index contributed by atoms with van der Waals surface area (Å²) in [7, 11) is 2.02. The van der Waals surface area contributed by atoms with E-state index in [0.29, 0.717) is 0 Å². The van der Waals surface area contributed by atoms with Gasteiger partial charge in [0.1, 0.15) is 12.2 Å². The molecule has 2 rings (SSSR count). The highest BCUT2D eigenvalue weighted by Gasteiger charge is 2.32. The highest BCUT2D eigenvalue weighted by Crippen LogP contribution is 2.30. The highest BCUT2D eigenvalue weighted by molar-refractivity contribution is 5.85. The maximum atomic E-state index is 4.20. The molecule has 15 heavy (non-hydrogen) atoms. The molecule has 0 amide bonds. The van der Waals surface area contributed by atoms with E-state index >= 15 is 0 Å². The molecule has 0 aromatic carbocycles. The second kappa shape index (κ2) is 5.68. The quantitative estimate of drug-likeness (QED) is 0.820. The molecular formula is C9H18Cl2N4. The van der Waals surface area contributed by atoms with Crippen LogP contribution in [0.4, 0.5) is 0 Å². The molecule has 1 saturated heterocycles. The van der Waals surface area contributed by atoms with Gasteiger partial charge in [0.2, 0.25) is 0 Å². The third-order valence-corrected chi connectivity index (χ3v) is 2.96. The molecule has 0 radical (unpaired) electrons. The van der Waals surface area contributed by atoms with Crippen molar-refractivity contribution in [3.05, 3.63) is 12.2 Å². The second-order valence-corrected chi connectivity index (χ2v) is 4.08. The van der Waals surface area contributed by atoms with Gasteiger partial charge in [-0.05, 0) is 25.9 Å². The standard InChI is InChI=1S/C9H16N4.2ClH/c1-9(3-5-10-6-4-9)8-12-11-7-13(8)2;;/h7,10H,3-6H2,1-2H3;2*1H. The van der Waals surface area contributed by atoms with E-state index in [2.05, 4.69) is 22.4 Å². The lowest BCUT2D eigenvalue weighted by Crippen LogP contribution is -2.39. The zero-order valence-electron chi connectivity index (χ0n) is 9.06. The Balaban J connectivity index is 0.000000980. The van der Waals surface area contributed by atoms with Crippen LogP contribution in [-0.2, 0) is 12.5 Å². The molecule has 0 bridgehead atoms. The summed E-state index contributed by atoms with van der Waals surface area (Å²) in [6, 6.07) is 0. The fraction of sp³-hybridized carbons (Fsp3) is 0.778.